The Morgan fingerprint density at radius 1 is 1.33 bits per heavy atom. The summed E-state index contributed by atoms with van der Waals surface area (Å²) in [6, 6.07) is 9.44. The molecule has 1 rings (SSSR count). The molecule has 15 heavy (non-hydrogen) atoms. The van der Waals surface area contributed by atoms with Crippen LogP contribution in [0.3, 0.4) is 0 Å². The van der Waals surface area contributed by atoms with Gasteiger partial charge >= 0.3 is 5.97 Å². The molecule has 0 unspecified atom stereocenters. The minimum atomic E-state index is -0.533. The average Bonchev–Trinajstić information content (AvgIpc) is 2.26. The Hall–Kier alpha value is -1.64. The molecular formula is C12H15NO2. The van der Waals surface area contributed by atoms with Crippen molar-refractivity contribution in [3.05, 3.63) is 35.9 Å². The fourth-order valence-electron chi connectivity index (χ4n) is 1.04. The summed E-state index contributed by atoms with van der Waals surface area (Å²) in [6.07, 6.45) is 0. The normalized spacial score (nSPS) is 10.1. The summed E-state index contributed by atoms with van der Waals surface area (Å²) in [4.78, 5) is 11.3. The van der Waals surface area contributed by atoms with E-state index in [0.29, 0.717) is 0 Å². The van der Waals surface area contributed by atoms with E-state index in [1.54, 1.807) is 13.8 Å². The monoisotopic (exact) mass is 205 g/mol. The first kappa shape index (κ1) is 11.4. The van der Waals surface area contributed by atoms with Crippen LogP contribution in [0, 0.1) is 11.3 Å². The lowest BCUT2D eigenvalue weighted by Gasteiger charge is -2.07. The third kappa shape index (κ3) is 3.54. The van der Waals surface area contributed by atoms with Crippen LogP contribution in [-0.2, 0) is 16.1 Å². The van der Waals surface area contributed by atoms with Gasteiger partial charge < -0.3 is 4.74 Å². The molecular weight excluding hydrogens is 190 g/mol. The fourth-order valence-corrected chi connectivity index (χ4v) is 1.04. The smallest absolute Gasteiger partial charge is 0.352 e. The van der Waals surface area contributed by atoms with E-state index in [0.717, 1.165) is 5.56 Å². The quantitative estimate of drug-likeness (QED) is 0.606. The zero-order valence-corrected chi connectivity index (χ0v) is 8.99. The van der Waals surface area contributed by atoms with E-state index < -0.39 is 5.97 Å². The fraction of sp³-hybridized carbons (Fsp3) is 0.333. The molecule has 0 heterocycles. The van der Waals surface area contributed by atoms with Crippen molar-refractivity contribution in [3.63, 3.8) is 0 Å². The molecule has 0 aliphatic heterocycles. The number of hydrogen-bond donors (Lipinski definition) is 1. The number of nitrogens with one attached hydrogen (secondary N) is 1. The number of benzene rings is 1. The molecule has 1 aromatic carbocycles. The molecule has 0 atom stereocenters. The second-order valence-corrected chi connectivity index (χ2v) is 3.63. The van der Waals surface area contributed by atoms with Crippen molar-refractivity contribution >= 4 is 11.7 Å². The lowest BCUT2D eigenvalue weighted by Crippen LogP contribution is -2.21. The molecule has 1 aromatic rings. The van der Waals surface area contributed by atoms with Crippen molar-refractivity contribution < 1.29 is 9.53 Å². The van der Waals surface area contributed by atoms with Crippen LogP contribution in [0.1, 0.15) is 19.4 Å². The van der Waals surface area contributed by atoms with Crippen LogP contribution < -0.4 is 0 Å². The van der Waals surface area contributed by atoms with E-state index in [1.165, 1.54) is 0 Å². The number of ether oxygens (including phenoxy) is 1. The Kier molecular flexibility index (Phi) is 4.03. The Balaban J connectivity index is 2.45. The van der Waals surface area contributed by atoms with Gasteiger partial charge in [-0.25, -0.2) is 4.79 Å². The second-order valence-electron chi connectivity index (χ2n) is 3.63. The van der Waals surface area contributed by atoms with Crippen LogP contribution in [0.2, 0.25) is 0 Å². The molecule has 0 saturated heterocycles. The van der Waals surface area contributed by atoms with Gasteiger partial charge in [0.2, 0.25) is 0 Å². The van der Waals surface area contributed by atoms with Gasteiger partial charge in [-0.15, -0.1) is 0 Å². The van der Waals surface area contributed by atoms with Crippen molar-refractivity contribution in [2.24, 2.45) is 5.92 Å². The number of rotatable bonds is 4. The number of esters is 1. The summed E-state index contributed by atoms with van der Waals surface area (Å²) in [5.41, 5.74) is 0.952. The third-order valence-electron chi connectivity index (χ3n) is 2.01. The molecule has 0 fully saturated rings. The van der Waals surface area contributed by atoms with Gasteiger partial charge in [-0.3, -0.25) is 5.41 Å². The zero-order chi connectivity index (χ0) is 11.3. The number of hydrogen-bond acceptors (Lipinski definition) is 3. The summed E-state index contributed by atoms with van der Waals surface area (Å²) in [7, 11) is 0. The third-order valence-corrected chi connectivity index (χ3v) is 2.01. The average molecular weight is 205 g/mol. The zero-order valence-electron chi connectivity index (χ0n) is 8.99. The van der Waals surface area contributed by atoms with Gasteiger partial charge in [0.05, 0.1) is 0 Å². The molecule has 0 aliphatic rings. The number of carbonyl (C=O) groups is 1. The Bertz CT molecular complexity index is 344. The molecule has 0 aliphatic carbocycles. The van der Waals surface area contributed by atoms with Gasteiger partial charge in [-0.1, -0.05) is 44.2 Å². The maximum atomic E-state index is 11.3. The van der Waals surface area contributed by atoms with E-state index in [4.69, 9.17) is 10.1 Å². The van der Waals surface area contributed by atoms with E-state index in [1.807, 2.05) is 30.3 Å². The molecule has 0 bridgehead atoms. The van der Waals surface area contributed by atoms with Crippen molar-refractivity contribution in [1.29, 1.82) is 5.41 Å². The van der Waals surface area contributed by atoms with E-state index >= 15 is 0 Å². The maximum absolute atomic E-state index is 11.3. The summed E-state index contributed by atoms with van der Waals surface area (Å²) in [6.45, 7) is 3.83. The van der Waals surface area contributed by atoms with Gasteiger partial charge in [0.25, 0.3) is 0 Å². The van der Waals surface area contributed by atoms with Crippen LogP contribution >= 0.6 is 0 Å². The van der Waals surface area contributed by atoms with Gasteiger partial charge in [0.1, 0.15) is 12.3 Å². The second kappa shape index (κ2) is 5.29. The summed E-state index contributed by atoms with van der Waals surface area (Å²) in [5.74, 6) is -0.623. The van der Waals surface area contributed by atoms with Crippen LogP contribution in [0.15, 0.2) is 30.3 Å². The van der Waals surface area contributed by atoms with Crippen LogP contribution in [-0.4, -0.2) is 11.7 Å². The lowest BCUT2D eigenvalue weighted by atomic mass is 10.1. The Labute approximate surface area is 89.6 Å². The van der Waals surface area contributed by atoms with Crippen molar-refractivity contribution in [2.75, 3.05) is 0 Å². The summed E-state index contributed by atoms with van der Waals surface area (Å²) in [5, 5.41) is 7.44. The van der Waals surface area contributed by atoms with Crippen molar-refractivity contribution in [2.45, 2.75) is 20.5 Å². The predicted octanol–water partition coefficient (Wildman–Crippen LogP) is 2.41. The highest BCUT2D eigenvalue weighted by atomic mass is 16.5. The first-order valence-corrected chi connectivity index (χ1v) is 4.90. The first-order chi connectivity index (χ1) is 7.11. The van der Waals surface area contributed by atoms with Gasteiger partial charge in [-0.2, -0.15) is 0 Å². The molecule has 0 amide bonds. The molecule has 0 aromatic heterocycles. The summed E-state index contributed by atoms with van der Waals surface area (Å²) >= 11 is 0. The van der Waals surface area contributed by atoms with E-state index in [-0.39, 0.29) is 18.2 Å². The predicted molar refractivity (Wildman–Crippen MR) is 58.8 cm³/mol. The van der Waals surface area contributed by atoms with Crippen molar-refractivity contribution in [3.8, 4) is 0 Å². The largest absolute Gasteiger partial charge is 0.456 e. The molecule has 0 saturated carbocycles. The highest BCUT2D eigenvalue weighted by Crippen LogP contribution is 2.03. The first-order valence-electron chi connectivity index (χ1n) is 4.90. The standard InChI is InChI=1S/C12H15NO2/c1-9(2)11(13)12(14)15-8-10-6-4-3-5-7-10/h3-7,9,13H,8H2,1-2H3. The van der Waals surface area contributed by atoms with Crippen LogP contribution in [0.25, 0.3) is 0 Å². The van der Waals surface area contributed by atoms with Gasteiger partial charge in [-0.05, 0) is 5.56 Å². The molecule has 1 N–H and O–H groups in total. The van der Waals surface area contributed by atoms with Gasteiger partial charge in [0, 0.05) is 5.92 Å². The summed E-state index contributed by atoms with van der Waals surface area (Å²) < 4.78 is 4.99. The molecule has 80 valence electrons. The van der Waals surface area contributed by atoms with Gasteiger partial charge in [0.15, 0.2) is 0 Å². The van der Waals surface area contributed by atoms with Crippen LogP contribution in [0.4, 0.5) is 0 Å². The van der Waals surface area contributed by atoms with Crippen molar-refractivity contribution in [1.82, 2.24) is 0 Å². The minimum absolute atomic E-state index is 0.0194. The Morgan fingerprint density at radius 2 is 1.93 bits per heavy atom. The molecule has 3 nitrogen and oxygen atoms in total. The maximum Gasteiger partial charge on any atom is 0.352 e. The number of carbonyl (C=O) groups excluding carboxylic acids is 1. The van der Waals surface area contributed by atoms with E-state index in [2.05, 4.69) is 0 Å². The topological polar surface area (TPSA) is 50.2 Å². The highest BCUT2D eigenvalue weighted by Gasteiger charge is 2.14. The van der Waals surface area contributed by atoms with E-state index in [9.17, 15) is 4.79 Å². The lowest BCUT2D eigenvalue weighted by molar-refractivity contribution is -0.137. The van der Waals surface area contributed by atoms with Crippen LogP contribution in [0.5, 0.6) is 0 Å². The molecule has 3 heteroatoms. The highest BCUT2D eigenvalue weighted by molar-refractivity contribution is 6.35. The SMILES string of the molecule is CC(C)C(=N)C(=O)OCc1ccccc1. The Morgan fingerprint density at radius 3 is 2.47 bits per heavy atom. The minimum Gasteiger partial charge on any atom is -0.456 e. The molecule has 0 radical (unpaired) electrons. The molecule has 0 spiro atoms.